The predicted molar refractivity (Wildman–Crippen MR) is 62.9 cm³/mol. The third kappa shape index (κ3) is 4.64. The lowest BCUT2D eigenvalue weighted by molar-refractivity contribution is -0.138. The first kappa shape index (κ1) is 13.2. The summed E-state index contributed by atoms with van der Waals surface area (Å²) in [6, 6.07) is 0.548. The molecule has 1 aromatic rings. The Morgan fingerprint density at radius 3 is 3.00 bits per heavy atom. The van der Waals surface area contributed by atoms with E-state index in [4.69, 9.17) is 10.8 Å². The van der Waals surface area contributed by atoms with Crippen molar-refractivity contribution in [2.75, 3.05) is 11.9 Å². The van der Waals surface area contributed by atoms with Gasteiger partial charge < -0.3 is 16.2 Å². The highest BCUT2D eigenvalue weighted by Gasteiger charge is 2.09. The Balaban J connectivity index is 2.36. The van der Waals surface area contributed by atoms with Gasteiger partial charge in [-0.25, -0.2) is 4.98 Å². The van der Waals surface area contributed by atoms with E-state index in [2.05, 4.69) is 15.3 Å². The van der Waals surface area contributed by atoms with Crippen LogP contribution in [0.25, 0.3) is 0 Å². The lowest BCUT2D eigenvalue weighted by atomic mass is 10.2. The summed E-state index contributed by atoms with van der Waals surface area (Å²) in [5.41, 5.74) is 5.75. The van der Waals surface area contributed by atoms with Crippen LogP contribution in [-0.2, 0) is 4.79 Å². The molecule has 0 saturated heterocycles. The molecule has 0 aromatic carbocycles. The van der Waals surface area contributed by atoms with Gasteiger partial charge in [0.05, 0.1) is 0 Å². The zero-order valence-electron chi connectivity index (χ0n) is 9.56. The maximum Gasteiger partial charge on any atom is 0.320 e. The van der Waals surface area contributed by atoms with E-state index in [9.17, 15) is 9.59 Å². The molecule has 0 aliphatic rings. The molecule has 5 N–H and O–H groups in total. The molecule has 1 atom stereocenters. The highest BCUT2D eigenvalue weighted by molar-refractivity contribution is 5.72. The smallest absolute Gasteiger partial charge is 0.320 e. The fourth-order valence-corrected chi connectivity index (χ4v) is 1.32. The number of carboxylic acids is 1. The second-order valence-corrected chi connectivity index (χ2v) is 3.75. The Hall–Kier alpha value is -1.89. The zero-order chi connectivity index (χ0) is 12.8. The minimum Gasteiger partial charge on any atom is -0.480 e. The monoisotopic (exact) mass is 240 g/mol. The van der Waals surface area contributed by atoms with Crippen LogP contribution in [0.5, 0.6) is 0 Å². The number of rotatable bonds is 6. The third-order valence-corrected chi connectivity index (χ3v) is 2.17. The second kappa shape index (κ2) is 6.00. The Kier molecular flexibility index (Phi) is 4.65. The van der Waals surface area contributed by atoms with Crippen molar-refractivity contribution in [3.63, 3.8) is 0 Å². The number of nitrogens with zero attached hydrogens (tertiary/aromatic N) is 1. The van der Waals surface area contributed by atoms with Gasteiger partial charge in [0.25, 0.3) is 5.56 Å². The fraction of sp³-hybridized carbons (Fsp3) is 0.500. The van der Waals surface area contributed by atoms with Crippen molar-refractivity contribution in [2.24, 2.45) is 5.73 Å². The number of nitrogens with one attached hydrogen (secondary N) is 2. The van der Waals surface area contributed by atoms with E-state index in [1.807, 2.05) is 0 Å². The highest BCUT2D eigenvalue weighted by Crippen LogP contribution is 1.98. The van der Waals surface area contributed by atoms with Gasteiger partial charge in [-0.2, -0.15) is 0 Å². The average Bonchev–Trinajstić information content (AvgIpc) is 2.22. The van der Waals surface area contributed by atoms with E-state index in [-0.39, 0.29) is 5.56 Å². The Labute approximate surface area is 98.1 Å². The molecule has 0 saturated carbocycles. The minimum absolute atomic E-state index is 0.220. The molecule has 0 fully saturated rings. The number of aliphatic carboxylic acids is 1. The van der Waals surface area contributed by atoms with Crippen LogP contribution in [0.15, 0.2) is 10.9 Å². The number of aryl methyl sites for hydroxylation is 1. The number of aromatic amines is 1. The largest absolute Gasteiger partial charge is 0.480 e. The zero-order valence-corrected chi connectivity index (χ0v) is 9.56. The third-order valence-electron chi connectivity index (χ3n) is 2.17. The molecule has 0 amide bonds. The highest BCUT2D eigenvalue weighted by atomic mass is 16.4. The van der Waals surface area contributed by atoms with Crippen LogP contribution in [0.1, 0.15) is 18.5 Å². The molecule has 94 valence electrons. The van der Waals surface area contributed by atoms with E-state index in [1.165, 1.54) is 6.07 Å². The second-order valence-electron chi connectivity index (χ2n) is 3.75. The standard InChI is InChI=1S/C10H16N4O3/c1-6-5-8(15)14-10(13-6)12-4-2-3-7(11)9(16)17/h5,7H,2-4,11H2,1H3,(H,16,17)(H2,12,13,14,15)/t7-/m0/s1. The molecule has 0 unspecified atom stereocenters. The maximum absolute atomic E-state index is 11.1. The van der Waals surface area contributed by atoms with Crippen LogP contribution < -0.4 is 16.6 Å². The average molecular weight is 240 g/mol. The van der Waals surface area contributed by atoms with E-state index in [1.54, 1.807) is 6.92 Å². The molecule has 1 rings (SSSR count). The van der Waals surface area contributed by atoms with Gasteiger partial charge in [0.2, 0.25) is 5.95 Å². The topological polar surface area (TPSA) is 121 Å². The van der Waals surface area contributed by atoms with Gasteiger partial charge in [0, 0.05) is 18.3 Å². The first-order chi connectivity index (χ1) is 7.99. The van der Waals surface area contributed by atoms with Gasteiger partial charge in [-0.15, -0.1) is 0 Å². The summed E-state index contributed by atoms with van der Waals surface area (Å²) in [5, 5.41) is 11.5. The van der Waals surface area contributed by atoms with Gasteiger partial charge in [0.1, 0.15) is 6.04 Å². The van der Waals surface area contributed by atoms with Gasteiger partial charge in [0.15, 0.2) is 0 Å². The van der Waals surface area contributed by atoms with Crippen LogP contribution in [-0.4, -0.2) is 33.6 Å². The Morgan fingerprint density at radius 2 is 2.41 bits per heavy atom. The van der Waals surface area contributed by atoms with E-state index >= 15 is 0 Å². The quantitative estimate of drug-likeness (QED) is 0.506. The molecule has 0 aliphatic heterocycles. The molecule has 7 nitrogen and oxygen atoms in total. The van der Waals surface area contributed by atoms with Gasteiger partial charge in [-0.1, -0.05) is 0 Å². The van der Waals surface area contributed by atoms with Crippen molar-refractivity contribution in [3.8, 4) is 0 Å². The molecular weight excluding hydrogens is 224 g/mol. The van der Waals surface area contributed by atoms with Crippen LogP contribution >= 0.6 is 0 Å². The number of anilines is 1. The van der Waals surface area contributed by atoms with Crippen molar-refractivity contribution < 1.29 is 9.90 Å². The van der Waals surface area contributed by atoms with Crippen molar-refractivity contribution in [1.82, 2.24) is 9.97 Å². The summed E-state index contributed by atoms with van der Waals surface area (Å²) >= 11 is 0. The molecular formula is C10H16N4O3. The fourth-order valence-electron chi connectivity index (χ4n) is 1.32. The van der Waals surface area contributed by atoms with Crippen LogP contribution in [0.2, 0.25) is 0 Å². The predicted octanol–water partition coefficient (Wildman–Crippen LogP) is -0.318. The minimum atomic E-state index is -1.01. The summed E-state index contributed by atoms with van der Waals surface area (Å²) < 4.78 is 0. The van der Waals surface area contributed by atoms with E-state index < -0.39 is 12.0 Å². The summed E-state index contributed by atoms with van der Waals surface area (Å²) in [6.07, 6.45) is 0.962. The molecule has 0 bridgehead atoms. The molecule has 0 aliphatic carbocycles. The van der Waals surface area contributed by atoms with Gasteiger partial charge in [-0.3, -0.25) is 14.6 Å². The summed E-state index contributed by atoms with van der Waals surface area (Å²) in [4.78, 5) is 28.2. The molecule has 17 heavy (non-hydrogen) atoms. The SMILES string of the molecule is Cc1cc(=O)[nH]c(NCCC[C@H](N)C(=O)O)n1. The van der Waals surface area contributed by atoms with Crippen molar-refractivity contribution >= 4 is 11.9 Å². The van der Waals surface area contributed by atoms with E-state index in [0.717, 1.165) is 0 Å². The number of hydrogen-bond acceptors (Lipinski definition) is 5. The number of H-pyrrole nitrogens is 1. The molecule has 0 radical (unpaired) electrons. The molecule has 7 heteroatoms. The lowest BCUT2D eigenvalue weighted by Crippen LogP contribution is -2.30. The van der Waals surface area contributed by atoms with Crippen LogP contribution in [0.4, 0.5) is 5.95 Å². The Morgan fingerprint density at radius 1 is 1.71 bits per heavy atom. The summed E-state index contributed by atoms with van der Waals surface area (Å²) in [7, 11) is 0. The number of hydrogen-bond donors (Lipinski definition) is 4. The van der Waals surface area contributed by atoms with Crippen molar-refractivity contribution in [2.45, 2.75) is 25.8 Å². The molecule has 1 heterocycles. The molecule has 1 aromatic heterocycles. The summed E-state index contributed by atoms with van der Waals surface area (Å²) in [6.45, 7) is 2.23. The number of nitrogens with two attached hydrogens (primary N) is 1. The normalized spacial score (nSPS) is 12.1. The number of aromatic nitrogens is 2. The van der Waals surface area contributed by atoms with Gasteiger partial charge in [-0.05, 0) is 19.8 Å². The van der Waals surface area contributed by atoms with Crippen LogP contribution in [0, 0.1) is 6.92 Å². The van der Waals surface area contributed by atoms with E-state index in [0.29, 0.717) is 31.0 Å². The first-order valence-corrected chi connectivity index (χ1v) is 5.29. The molecule has 0 spiro atoms. The maximum atomic E-state index is 11.1. The lowest BCUT2D eigenvalue weighted by Gasteiger charge is -2.07. The first-order valence-electron chi connectivity index (χ1n) is 5.29. The van der Waals surface area contributed by atoms with Gasteiger partial charge >= 0.3 is 5.97 Å². The van der Waals surface area contributed by atoms with Crippen LogP contribution in [0.3, 0.4) is 0 Å². The number of carbonyl (C=O) groups is 1. The number of carboxylic acid groups (broad SMARTS) is 1. The summed E-state index contributed by atoms with van der Waals surface area (Å²) in [5.74, 6) is -0.619. The van der Waals surface area contributed by atoms with Crippen molar-refractivity contribution in [3.05, 3.63) is 22.1 Å². The van der Waals surface area contributed by atoms with Crippen molar-refractivity contribution in [1.29, 1.82) is 0 Å². The Bertz CT molecular complexity index is 443.